The Hall–Kier alpha value is -2.45. The van der Waals surface area contributed by atoms with Gasteiger partial charge in [0, 0.05) is 6.07 Å². The van der Waals surface area contributed by atoms with Gasteiger partial charge in [-0.15, -0.1) is 0 Å². The van der Waals surface area contributed by atoms with Crippen LogP contribution in [-0.2, 0) is 11.3 Å². The number of benzene rings is 2. The van der Waals surface area contributed by atoms with E-state index in [-0.39, 0.29) is 18.0 Å². The number of nitrogens with zero attached hydrogens (tertiary/aromatic N) is 1. The molecule has 5 heteroatoms. The molecule has 0 saturated heterocycles. The molecular formula is C16H13F2NO2. The standard InChI is InChI=1S/C16H13F2NO2/c17-14-4-1-12(2-5-14)11-20-7-8-21-15-6-3-13(10-19)16(18)9-15/h1-6,9H,7-8,11H2. The summed E-state index contributed by atoms with van der Waals surface area (Å²) in [6.07, 6.45) is 0. The second kappa shape index (κ2) is 7.36. The zero-order valence-corrected chi connectivity index (χ0v) is 11.2. The maximum Gasteiger partial charge on any atom is 0.144 e. The van der Waals surface area contributed by atoms with E-state index in [2.05, 4.69) is 0 Å². The normalized spacial score (nSPS) is 10.1. The predicted octanol–water partition coefficient (Wildman–Crippen LogP) is 3.43. The van der Waals surface area contributed by atoms with E-state index in [4.69, 9.17) is 14.7 Å². The van der Waals surface area contributed by atoms with Gasteiger partial charge in [-0.05, 0) is 29.8 Å². The average molecular weight is 289 g/mol. The van der Waals surface area contributed by atoms with Crippen molar-refractivity contribution in [3.63, 3.8) is 0 Å². The fraction of sp³-hybridized carbons (Fsp3) is 0.188. The van der Waals surface area contributed by atoms with Gasteiger partial charge in [0.1, 0.15) is 30.1 Å². The van der Waals surface area contributed by atoms with Gasteiger partial charge in [-0.2, -0.15) is 5.26 Å². The van der Waals surface area contributed by atoms with E-state index in [1.807, 2.05) is 0 Å². The van der Waals surface area contributed by atoms with E-state index >= 15 is 0 Å². The molecule has 2 rings (SSSR count). The monoisotopic (exact) mass is 289 g/mol. The highest BCUT2D eigenvalue weighted by Crippen LogP contribution is 2.15. The van der Waals surface area contributed by atoms with Crippen molar-refractivity contribution < 1.29 is 18.3 Å². The summed E-state index contributed by atoms with van der Waals surface area (Å²) >= 11 is 0. The topological polar surface area (TPSA) is 42.2 Å². The first-order valence-corrected chi connectivity index (χ1v) is 6.33. The van der Waals surface area contributed by atoms with Crippen LogP contribution >= 0.6 is 0 Å². The van der Waals surface area contributed by atoms with Crippen LogP contribution in [0.2, 0.25) is 0 Å². The second-order valence-corrected chi connectivity index (χ2v) is 4.28. The quantitative estimate of drug-likeness (QED) is 0.765. The van der Waals surface area contributed by atoms with E-state index in [0.717, 1.165) is 5.56 Å². The van der Waals surface area contributed by atoms with Crippen LogP contribution in [0, 0.1) is 23.0 Å². The highest BCUT2D eigenvalue weighted by atomic mass is 19.1. The molecule has 0 N–H and O–H groups in total. The van der Waals surface area contributed by atoms with Crippen molar-refractivity contribution >= 4 is 0 Å². The van der Waals surface area contributed by atoms with Gasteiger partial charge in [0.15, 0.2) is 0 Å². The van der Waals surface area contributed by atoms with Crippen LogP contribution in [-0.4, -0.2) is 13.2 Å². The van der Waals surface area contributed by atoms with Crippen molar-refractivity contribution in [2.24, 2.45) is 0 Å². The summed E-state index contributed by atoms with van der Waals surface area (Å²) in [7, 11) is 0. The van der Waals surface area contributed by atoms with Crippen molar-refractivity contribution in [1.29, 1.82) is 5.26 Å². The van der Waals surface area contributed by atoms with Crippen LogP contribution in [0.15, 0.2) is 42.5 Å². The molecule has 0 spiro atoms. The molecule has 0 amide bonds. The molecule has 0 aliphatic carbocycles. The minimum absolute atomic E-state index is 0.0186. The van der Waals surface area contributed by atoms with Crippen LogP contribution in [0.25, 0.3) is 0 Å². The minimum atomic E-state index is -0.609. The number of ether oxygens (including phenoxy) is 2. The SMILES string of the molecule is N#Cc1ccc(OCCOCc2ccc(F)cc2)cc1F. The van der Waals surface area contributed by atoms with Crippen molar-refractivity contribution in [3.8, 4) is 11.8 Å². The number of rotatable bonds is 6. The highest BCUT2D eigenvalue weighted by Gasteiger charge is 2.03. The number of nitriles is 1. The molecule has 0 radical (unpaired) electrons. The van der Waals surface area contributed by atoms with Crippen LogP contribution < -0.4 is 4.74 Å². The zero-order valence-electron chi connectivity index (χ0n) is 11.2. The van der Waals surface area contributed by atoms with Gasteiger partial charge in [0.25, 0.3) is 0 Å². The lowest BCUT2D eigenvalue weighted by Gasteiger charge is -2.07. The summed E-state index contributed by atoms with van der Waals surface area (Å²) in [5.74, 6) is -0.552. The average Bonchev–Trinajstić information content (AvgIpc) is 2.49. The van der Waals surface area contributed by atoms with Gasteiger partial charge in [-0.25, -0.2) is 8.78 Å². The number of hydrogen-bond donors (Lipinski definition) is 0. The summed E-state index contributed by atoms with van der Waals surface area (Å²) in [6, 6.07) is 11.8. The summed E-state index contributed by atoms with van der Waals surface area (Å²) in [6.45, 7) is 0.927. The fourth-order valence-corrected chi connectivity index (χ4v) is 1.67. The first kappa shape index (κ1) is 14.9. The molecule has 3 nitrogen and oxygen atoms in total. The Morgan fingerprint density at radius 3 is 2.43 bits per heavy atom. The summed E-state index contributed by atoms with van der Waals surface area (Å²) in [4.78, 5) is 0. The van der Waals surface area contributed by atoms with E-state index in [1.165, 1.54) is 30.3 Å². The Morgan fingerprint density at radius 1 is 1.00 bits per heavy atom. The predicted molar refractivity (Wildman–Crippen MR) is 72.7 cm³/mol. The molecule has 2 aromatic rings. The fourth-order valence-electron chi connectivity index (χ4n) is 1.67. The third-order valence-electron chi connectivity index (χ3n) is 2.74. The Kier molecular flexibility index (Phi) is 5.24. The van der Waals surface area contributed by atoms with Crippen LogP contribution in [0.5, 0.6) is 5.75 Å². The van der Waals surface area contributed by atoms with Crippen molar-refractivity contribution in [1.82, 2.24) is 0 Å². The third kappa shape index (κ3) is 4.55. The third-order valence-corrected chi connectivity index (χ3v) is 2.74. The van der Waals surface area contributed by atoms with Gasteiger partial charge < -0.3 is 9.47 Å². The molecule has 0 saturated carbocycles. The lowest BCUT2D eigenvalue weighted by molar-refractivity contribution is 0.0888. The zero-order chi connectivity index (χ0) is 15.1. The van der Waals surface area contributed by atoms with Crippen molar-refractivity contribution in [3.05, 3.63) is 65.2 Å². The van der Waals surface area contributed by atoms with Crippen LogP contribution in [0.4, 0.5) is 8.78 Å². The van der Waals surface area contributed by atoms with Gasteiger partial charge in [0.05, 0.1) is 18.8 Å². The van der Waals surface area contributed by atoms with Crippen LogP contribution in [0.3, 0.4) is 0 Å². The summed E-state index contributed by atoms with van der Waals surface area (Å²) in [5, 5.41) is 8.61. The lowest BCUT2D eigenvalue weighted by Crippen LogP contribution is -2.07. The first-order chi connectivity index (χ1) is 10.2. The second-order valence-electron chi connectivity index (χ2n) is 4.28. The molecule has 2 aromatic carbocycles. The van der Waals surface area contributed by atoms with E-state index < -0.39 is 5.82 Å². The molecule has 0 atom stereocenters. The maximum absolute atomic E-state index is 13.3. The Bertz CT molecular complexity index is 636. The smallest absolute Gasteiger partial charge is 0.144 e. The molecule has 21 heavy (non-hydrogen) atoms. The Morgan fingerprint density at radius 2 is 1.76 bits per heavy atom. The molecule has 0 unspecified atom stereocenters. The van der Waals surface area contributed by atoms with Crippen molar-refractivity contribution in [2.45, 2.75) is 6.61 Å². The lowest BCUT2D eigenvalue weighted by atomic mass is 10.2. The van der Waals surface area contributed by atoms with Crippen molar-refractivity contribution in [2.75, 3.05) is 13.2 Å². The molecule has 0 heterocycles. The molecule has 0 bridgehead atoms. The Labute approximate surface area is 121 Å². The van der Waals surface area contributed by atoms with Gasteiger partial charge in [0.2, 0.25) is 0 Å². The van der Waals surface area contributed by atoms with Gasteiger partial charge in [-0.1, -0.05) is 12.1 Å². The van der Waals surface area contributed by atoms with E-state index in [9.17, 15) is 8.78 Å². The summed E-state index contributed by atoms with van der Waals surface area (Å²) < 4.78 is 36.7. The maximum atomic E-state index is 13.3. The Balaban J connectivity index is 1.71. The first-order valence-electron chi connectivity index (χ1n) is 6.33. The molecule has 108 valence electrons. The molecule has 0 aliphatic heterocycles. The van der Waals surface area contributed by atoms with Gasteiger partial charge in [-0.3, -0.25) is 0 Å². The molecule has 0 aliphatic rings. The number of hydrogen-bond acceptors (Lipinski definition) is 3. The van der Waals surface area contributed by atoms with Crippen LogP contribution in [0.1, 0.15) is 11.1 Å². The highest BCUT2D eigenvalue weighted by molar-refractivity contribution is 5.36. The van der Waals surface area contributed by atoms with E-state index in [1.54, 1.807) is 18.2 Å². The summed E-state index contributed by atoms with van der Waals surface area (Å²) in [5.41, 5.74) is 0.843. The minimum Gasteiger partial charge on any atom is -0.491 e. The molecule has 0 aromatic heterocycles. The van der Waals surface area contributed by atoms with Gasteiger partial charge >= 0.3 is 0 Å². The molecular weight excluding hydrogens is 276 g/mol. The van der Waals surface area contributed by atoms with E-state index in [0.29, 0.717) is 19.0 Å². The number of halogens is 2. The molecule has 0 fully saturated rings. The largest absolute Gasteiger partial charge is 0.491 e.